The minimum absolute atomic E-state index is 0.0482. The van der Waals surface area contributed by atoms with Crippen LogP contribution >= 0.6 is 0 Å². The van der Waals surface area contributed by atoms with Crippen molar-refractivity contribution in [2.75, 3.05) is 0 Å². The van der Waals surface area contributed by atoms with E-state index in [9.17, 15) is 9.90 Å². The Balaban J connectivity index is 1.98. The van der Waals surface area contributed by atoms with Crippen molar-refractivity contribution in [2.24, 2.45) is 0 Å². The van der Waals surface area contributed by atoms with Gasteiger partial charge in [-0.25, -0.2) is 14.8 Å². The second-order valence-corrected chi connectivity index (χ2v) is 4.73. The molecule has 4 aromatic rings. The largest absolute Gasteiger partial charge is 0.506 e. The monoisotopic (exact) mass is 295 g/mol. The Kier molecular flexibility index (Phi) is 2.40. The zero-order valence-electron chi connectivity index (χ0n) is 11.0. The van der Waals surface area contributed by atoms with Gasteiger partial charge in [-0.05, 0) is 6.07 Å². The molecule has 0 spiro atoms. The molecule has 0 aliphatic heterocycles. The molecule has 4 N–H and O–H groups in total. The Hall–Kier alpha value is -3.42. The number of aromatic hydroxyl groups is 1. The Bertz CT molecular complexity index is 1030. The quantitative estimate of drug-likeness (QED) is 0.447. The molecule has 0 unspecified atom stereocenters. The molecule has 108 valence electrons. The number of carbonyl (C=O) groups is 1. The SMILES string of the molecule is O=C(O)c1c[nH]c2ncc(-c3n[nH]c4c(O)cccc34)nc12. The summed E-state index contributed by atoms with van der Waals surface area (Å²) in [5, 5.41) is 26.5. The molecular weight excluding hydrogens is 286 g/mol. The third kappa shape index (κ3) is 1.64. The lowest BCUT2D eigenvalue weighted by molar-refractivity contribution is 0.0699. The van der Waals surface area contributed by atoms with E-state index in [0.29, 0.717) is 27.9 Å². The highest BCUT2D eigenvalue weighted by atomic mass is 16.4. The Labute approximate surface area is 122 Å². The van der Waals surface area contributed by atoms with Crippen molar-refractivity contribution in [3.8, 4) is 17.1 Å². The van der Waals surface area contributed by atoms with Crippen LogP contribution in [0.5, 0.6) is 5.75 Å². The Morgan fingerprint density at radius 2 is 2.14 bits per heavy atom. The van der Waals surface area contributed by atoms with Gasteiger partial charge >= 0.3 is 5.97 Å². The lowest BCUT2D eigenvalue weighted by Crippen LogP contribution is -1.96. The fraction of sp³-hybridized carbons (Fsp3) is 0. The second-order valence-electron chi connectivity index (χ2n) is 4.73. The van der Waals surface area contributed by atoms with E-state index >= 15 is 0 Å². The van der Waals surface area contributed by atoms with Crippen molar-refractivity contribution in [1.29, 1.82) is 0 Å². The predicted molar refractivity (Wildman–Crippen MR) is 77.6 cm³/mol. The molecule has 1 aromatic carbocycles. The van der Waals surface area contributed by atoms with Crippen molar-refractivity contribution in [3.05, 3.63) is 36.2 Å². The molecule has 0 aliphatic rings. The molecule has 0 bridgehead atoms. The van der Waals surface area contributed by atoms with Crippen LogP contribution in [0.1, 0.15) is 10.4 Å². The number of rotatable bonds is 2. The number of phenols is 1. The average Bonchev–Trinajstić information content (AvgIpc) is 3.11. The normalized spacial score (nSPS) is 11.3. The van der Waals surface area contributed by atoms with Gasteiger partial charge in [0.15, 0.2) is 5.65 Å². The van der Waals surface area contributed by atoms with Crippen LogP contribution in [0.4, 0.5) is 0 Å². The highest BCUT2D eigenvalue weighted by molar-refractivity contribution is 6.01. The number of aromatic carboxylic acids is 1. The summed E-state index contributed by atoms with van der Waals surface area (Å²) in [5.74, 6) is -1.000. The minimum Gasteiger partial charge on any atom is -0.506 e. The number of hydrogen-bond donors (Lipinski definition) is 4. The number of carboxylic acid groups (broad SMARTS) is 1. The summed E-state index contributed by atoms with van der Waals surface area (Å²) in [4.78, 5) is 22.5. The molecule has 3 heterocycles. The van der Waals surface area contributed by atoms with Gasteiger partial charge in [0.25, 0.3) is 0 Å². The maximum Gasteiger partial charge on any atom is 0.339 e. The number of fused-ring (bicyclic) bond motifs is 2. The number of aromatic amines is 2. The topological polar surface area (TPSA) is 128 Å². The first-order valence-electron chi connectivity index (χ1n) is 6.39. The van der Waals surface area contributed by atoms with Crippen molar-refractivity contribution >= 4 is 28.0 Å². The summed E-state index contributed by atoms with van der Waals surface area (Å²) in [7, 11) is 0. The van der Waals surface area contributed by atoms with Crippen LogP contribution in [0.15, 0.2) is 30.6 Å². The first-order chi connectivity index (χ1) is 10.6. The first kappa shape index (κ1) is 12.3. The zero-order valence-corrected chi connectivity index (χ0v) is 11.0. The van der Waals surface area contributed by atoms with Gasteiger partial charge in [0.2, 0.25) is 0 Å². The lowest BCUT2D eigenvalue weighted by atomic mass is 10.1. The number of phenolic OH excluding ortho intramolecular Hbond substituents is 1. The molecule has 22 heavy (non-hydrogen) atoms. The Morgan fingerprint density at radius 3 is 2.95 bits per heavy atom. The lowest BCUT2D eigenvalue weighted by Gasteiger charge is -1.99. The maximum absolute atomic E-state index is 11.2. The van der Waals surface area contributed by atoms with Crippen LogP contribution in [0.2, 0.25) is 0 Å². The summed E-state index contributed by atoms with van der Waals surface area (Å²) < 4.78 is 0. The van der Waals surface area contributed by atoms with Crippen LogP contribution in [-0.4, -0.2) is 41.3 Å². The highest BCUT2D eigenvalue weighted by Crippen LogP contribution is 2.30. The van der Waals surface area contributed by atoms with E-state index < -0.39 is 5.97 Å². The van der Waals surface area contributed by atoms with Gasteiger partial charge in [0.1, 0.15) is 33.7 Å². The average molecular weight is 295 g/mol. The third-order valence-corrected chi connectivity index (χ3v) is 3.43. The summed E-state index contributed by atoms with van der Waals surface area (Å²) in [5.41, 5.74) is 2.12. The van der Waals surface area contributed by atoms with Crippen LogP contribution < -0.4 is 0 Å². The summed E-state index contributed by atoms with van der Waals surface area (Å²) in [6.07, 6.45) is 2.86. The standard InChI is InChI=1S/C14H9N5O3/c20-9-3-1-2-6-10(18-19-11(6)9)8-5-16-13-12(17-8)7(4-15-13)14(21)22/h1-5,20H,(H,15,16)(H,18,19)(H,21,22). The van der Waals surface area contributed by atoms with E-state index in [1.807, 2.05) is 0 Å². The van der Waals surface area contributed by atoms with Crippen molar-refractivity contribution < 1.29 is 15.0 Å². The number of hydrogen-bond acceptors (Lipinski definition) is 5. The van der Waals surface area contributed by atoms with E-state index in [-0.39, 0.29) is 16.8 Å². The third-order valence-electron chi connectivity index (χ3n) is 3.43. The first-order valence-corrected chi connectivity index (χ1v) is 6.39. The van der Waals surface area contributed by atoms with E-state index in [1.54, 1.807) is 18.2 Å². The molecule has 8 nitrogen and oxygen atoms in total. The Morgan fingerprint density at radius 1 is 1.27 bits per heavy atom. The molecular formula is C14H9N5O3. The molecule has 0 aliphatic carbocycles. The number of benzene rings is 1. The number of para-hydroxylation sites is 1. The molecule has 0 fully saturated rings. The van der Waals surface area contributed by atoms with Crippen LogP contribution in [0.3, 0.4) is 0 Å². The fourth-order valence-corrected chi connectivity index (χ4v) is 2.39. The van der Waals surface area contributed by atoms with Gasteiger partial charge in [-0.15, -0.1) is 0 Å². The molecule has 0 radical (unpaired) electrons. The highest BCUT2D eigenvalue weighted by Gasteiger charge is 2.17. The molecule has 0 saturated heterocycles. The molecule has 0 atom stereocenters. The summed E-state index contributed by atoms with van der Waals surface area (Å²) in [6.45, 7) is 0. The number of aromatic nitrogens is 5. The van der Waals surface area contributed by atoms with Crippen LogP contribution in [-0.2, 0) is 0 Å². The van der Waals surface area contributed by atoms with Crippen molar-refractivity contribution in [2.45, 2.75) is 0 Å². The van der Waals surface area contributed by atoms with E-state index in [0.717, 1.165) is 0 Å². The molecule has 8 heteroatoms. The molecule has 4 rings (SSSR count). The fourth-order valence-electron chi connectivity index (χ4n) is 2.39. The summed E-state index contributed by atoms with van der Waals surface area (Å²) in [6, 6.07) is 5.03. The zero-order chi connectivity index (χ0) is 15.3. The molecule has 0 saturated carbocycles. The minimum atomic E-state index is -1.08. The van der Waals surface area contributed by atoms with Crippen LogP contribution in [0.25, 0.3) is 33.5 Å². The van der Waals surface area contributed by atoms with Crippen molar-refractivity contribution in [3.63, 3.8) is 0 Å². The van der Waals surface area contributed by atoms with E-state index in [2.05, 4.69) is 25.1 Å². The van der Waals surface area contributed by atoms with Gasteiger partial charge < -0.3 is 15.2 Å². The smallest absolute Gasteiger partial charge is 0.339 e. The van der Waals surface area contributed by atoms with Gasteiger partial charge in [0, 0.05) is 11.6 Å². The van der Waals surface area contributed by atoms with Gasteiger partial charge in [0.05, 0.1) is 6.20 Å². The number of carboxylic acids is 1. The van der Waals surface area contributed by atoms with Gasteiger partial charge in [-0.3, -0.25) is 5.10 Å². The number of nitrogens with zero attached hydrogens (tertiary/aromatic N) is 3. The summed E-state index contributed by atoms with van der Waals surface area (Å²) >= 11 is 0. The van der Waals surface area contributed by atoms with Gasteiger partial charge in [-0.2, -0.15) is 5.10 Å². The van der Waals surface area contributed by atoms with Crippen LogP contribution in [0, 0.1) is 0 Å². The van der Waals surface area contributed by atoms with Crippen molar-refractivity contribution in [1.82, 2.24) is 25.1 Å². The van der Waals surface area contributed by atoms with Gasteiger partial charge in [-0.1, -0.05) is 12.1 Å². The maximum atomic E-state index is 11.2. The predicted octanol–water partition coefficient (Wildman–Crippen LogP) is 1.90. The second kappa shape index (κ2) is 4.29. The number of H-pyrrole nitrogens is 2. The van der Waals surface area contributed by atoms with E-state index in [1.165, 1.54) is 12.4 Å². The molecule has 0 amide bonds. The molecule has 3 aromatic heterocycles. The number of nitrogens with one attached hydrogen (secondary N) is 2. The van der Waals surface area contributed by atoms with E-state index in [4.69, 9.17) is 5.11 Å².